The lowest BCUT2D eigenvalue weighted by atomic mass is 9.98. The predicted molar refractivity (Wildman–Crippen MR) is 157 cm³/mol. The number of carbonyl (C=O) groups excluding carboxylic acids is 1. The molecule has 1 heterocycles. The molecule has 1 unspecified atom stereocenters. The molecular weight excluding hydrogens is 567 g/mol. The van der Waals surface area contributed by atoms with Crippen LogP contribution in [0.1, 0.15) is 18.4 Å². The summed E-state index contributed by atoms with van der Waals surface area (Å²) in [6.45, 7) is 1.84. The minimum atomic E-state index is -3.86. The third-order valence-corrected chi connectivity index (χ3v) is 11.3. The first-order valence-electron chi connectivity index (χ1n) is 11.4. The number of amides is 1. The average Bonchev–Trinajstić information content (AvgIpc) is 3.32. The Bertz CT molecular complexity index is 1390. The number of nitrogens with two attached hydrogens (primary N) is 1. The lowest BCUT2D eigenvalue weighted by molar-refractivity contribution is -0.136. The number of ether oxygens (including phenoxy) is 1. The van der Waals surface area contributed by atoms with Crippen LogP contribution in [-0.4, -0.2) is 61.4 Å². The van der Waals surface area contributed by atoms with Crippen LogP contribution in [0.3, 0.4) is 0 Å². The molecule has 0 spiro atoms. The first kappa shape index (κ1) is 29.9. The van der Waals surface area contributed by atoms with Crippen molar-refractivity contribution in [1.82, 2.24) is 0 Å². The quantitative estimate of drug-likeness (QED) is 0.156. The van der Waals surface area contributed by atoms with Crippen molar-refractivity contribution in [2.75, 3.05) is 30.2 Å². The van der Waals surface area contributed by atoms with E-state index in [0.717, 1.165) is 5.56 Å². The molecule has 9 nitrogen and oxygen atoms in total. The molecular formula is C25H29N3O6S4. The van der Waals surface area contributed by atoms with Gasteiger partial charge in [-0.05, 0) is 42.5 Å². The van der Waals surface area contributed by atoms with Crippen LogP contribution in [-0.2, 0) is 19.4 Å². The molecule has 5 N–H and O–H groups in total. The Labute approximate surface area is 234 Å². The van der Waals surface area contributed by atoms with Gasteiger partial charge in [-0.25, -0.2) is 8.42 Å². The number of allylic oxidation sites excluding steroid dienone is 1. The molecule has 0 bridgehead atoms. The third kappa shape index (κ3) is 7.07. The maximum Gasteiger partial charge on any atom is 0.304 e. The van der Waals surface area contributed by atoms with Gasteiger partial charge in [0.15, 0.2) is 0 Å². The molecule has 0 aliphatic carbocycles. The first-order chi connectivity index (χ1) is 18.0. The van der Waals surface area contributed by atoms with Gasteiger partial charge in [0.05, 0.1) is 44.3 Å². The van der Waals surface area contributed by atoms with Crippen molar-refractivity contribution in [3.05, 3.63) is 51.1 Å². The Hall–Kier alpha value is -2.61. The van der Waals surface area contributed by atoms with Crippen LogP contribution in [0.25, 0.3) is 11.1 Å². The fraction of sp³-hybridized carbons (Fsp3) is 0.320. The lowest BCUT2D eigenvalue weighted by Gasteiger charge is -2.17. The number of carboxylic acids is 1. The van der Waals surface area contributed by atoms with Crippen molar-refractivity contribution in [3.8, 4) is 16.9 Å². The highest BCUT2D eigenvalue weighted by atomic mass is 32.2. The van der Waals surface area contributed by atoms with Gasteiger partial charge in [-0.3, -0.25) is 15.0 Å². The van der Waals surface area contributed by atoms with E-state index in [1.54, 1.807) is 36.6 Å². The molecule has 1 atom stereocenters. The number of carboxylic acid groups (broad SMARTS) is 1. The summed E-state index contributed by atoms with van der Waals surface area (Å²) in [5.41, 5.74) is 8.13. The number of sulfone groups is 1. The Morgan fingerprint density at radius 3 is 2.66 bits per heavy atom. The highest BCUT2D eigenvalue weighted by molar-refractivity contribution is 8.23. The van der Waals surface area contributed by atoms with E-state index < -0.39 is 21.1 Å². The zero-order valence-electron chi connectivity index (χ0n) is 21.1. The summed E-state index contributed by atoms with van der Waals surface area (Å²) in [6, 6.07) is 10.0. The maximum absolute atomic E-state index is 13.7. The molecule has 1 amide bonds. The monoisotopic (exact) mass is 595 g/mol. The number of thioether (sulfide) groups is 3. The van der Waals surface area contributed by atoms with E-state index in [4.69, 9.17) is 21.0 Å². The van der Waals surface area contributed by atoms with E-state index in [1.807, 2.05) is 6.92 Å². The second-order valence-electron chi connectivity index (χ2n) is 8.32. The maximum atomic E-state index is 13.7. The van der Waals surface area contributed by atoms with E-state index in [1.165, 1.54) is 48.5 Å². The van der Waals surface area contributed by atoms with Crippen molar-refractivity contribution in [2.45, 2.75) is 29.9 Å². The highest BCUT2D eigenvalue weighted by Gasteiger charge is 2.35. The van der Waals surface area contributed by atoms with E-state index in [0.29, 0.717) is 32.6 Å². The van der Waals surface area contributed by atoms with E-state index in [-0.39, 0.29) is 40.1 Å². The molecule has 0 aromatic heterocycles. The van der Waals surface area contributed by atoms with Crippen molar-refractivity contribution in [1.29, 1.82) is 5.41 Å². The Morgan fingerprint density at radius 2 is 2.03 bits per heavy atom. The van der Waals surface area contributed by atoms with Gasteiger partial charge in [-0.2, -0.15) is 11.8 Å². The summed E-state index contributed by atoms with van der Waals surface area (Å²) in [6.07, 6.45) is 1.92. The number of hydrogen-bond acceptors (Lipinski definition) is 9. The van der Waals surface area contributed by atoms with Crippen LogP contribution >= 0.6 is 35.3 Å². The zero-order chi connectivity index (χ0) is 28.0. The first-order valence-corrected chi connectivity index (χ1v) is 16.1. The third-order valence-electron chi connectivity index (χ3n) is 5.65. The van der Waals surface area contributed by atoms with Crippen LogP contribution < -0.4 is 15.8 Å². The van der Waals surface area contributed by atoms with Gasteiger partial charge in [0.2, 0.25) is 15.7 Å². The summed E-state index contributed by atoms with van der Waals surface area (Å²) >= 11 is 3.83. The molecule has 2 aromatic rings. The van der Waals surface area contributed by atoms with Crippen molar-refractivity contribution >= 4 is 68.5 Å². The molecule has 0 radical (unpaired) electrons. The van der Waals surface area contributed by atoms with E-state index >= 15 is 0 Å². The number of nitrogens with one attached hydrogen (secondary N) is 2. The summed E-state index contributed by atoms with van der Waals surface area (Å²) in [5.74, 6) is -0.396. The van der Waals surface area contributed by atoms with Crippen LogP contribution in [0, 0.1) is 12.3 Å². The normalized spacial score (nSPS) is 15.4. The van der Waals surface area contributed by atoms with E-state index in [9.17, 15) is 18.0 Å². The number of anilines is 1. The summed E-state index contributed by atoms with van der Waals surface area (Å²) in [4.78, 5) is 23.7. The molecule has 0 fully saturated rings. The number of methoxy groups -OCH3 is 1. The van der Waals surface area contributed by atoms with Gasteiger partial charge < -0.3 is 20.9 Å². The van der Waals surface area contributed by atoms with Gasteiger partial charge >= 0.3 is 5.97 Å². The van der Waals surface area contributed by atoms with Gasteiger partial charge in [0.1, 0.15) is 11.6 Å². The highest BCUT2D eigenvalue weighted by Crippen LogP contribution is 2.47. The van der Waals surface area contributed by atoms with Crippen molar-refractivity contribution in [2.24, 2.45) is 5.73 Å². The molecule has 1 aliphatic rings. The van der Waals surface area contributed by atoms with Crippen molar-refractivity contribution in [3.63, 3.8) is 0 Å². The predicted octanol–water partition coefficient (Wildman–Crippen LogP) is 4.56. The minimum Gasteiger partial charge on any atom is -0.497 e. The Balaban J connectivity index is 1.97. The largest absolute Gasteiger partial charge is 0.497 e. The summed E-state index contributed by atoms with van der Waals surface area (Å²) in [7, 11) is -2.34. The van der Waals surface area contributed by atoms with Crippen LogP contribution in [0.2, 0.25) is 0 Å². The summed E-state index contributed by atoms with van der Waals surface area (Å²) in [5, 5.41) is 19.0. The number of benzene rings is 2. The topological polar surface area (TPSA) is 160 Å². The standard InChI is InChI=1S/C25H29N3O6S4/c1-14-9-16(34-2)11-18(28-21(29)13-36-8-7-22(30)31)23(14)15-5-4-6-17(10-15)38(32,33)20-12-19(24(26)27)37-25(20)35-3/h4-6,9-11,19H,7-8,12-13H2,1-3H3,(H3,26,27)(H,28,29)(H,30,31). The Kier molecular flexibility index (Phi) is 10.2. The molecule has 13 heteroatoms. The number of aryl methyl sites for hydroxylation is 1. The number of hydrogen-bond donors (Lipinski definition) is 4. The minimum absolute atomic E-state index is 0.0386. The number of rotatable bonds is 12. The van der Waals surface area contributed by atoms with Crippen LogP contribution in [0.4, 0.5) is 5.69 Å². The number of carbonyl (C=O) groups is 2. The molecule has 38 heavy (non-hydrogen) atoms. The van der Waals surface area contributed by atoms with Crippen molar-refractivity contribution < 1.29 is 27.9 Å². The average molecular weight is 596 g/mol. The second kappa shape index (κ2) is 13.0. The number of aliphatic carboxylic acids is 1. The fourth-order valence-corrected chi connectivity index (χ4v) is 9.07. The SMILES string of the molecule is COc1cc(C)c(-c2cccc(S(=O)(=O)C3=C(SC)SC(C(=N)N)C3)c2)c(NC(=O)CSCCC(=O)O)c1. The summed E-state index contributed by atoms with van der Waals surface area (Å²) < 4.78 is 33.3. The van der Waals surface area contributed by atoms with Crippen LogP contribution in [0.5, 0.6) is 5.75 Å². The lowest BCUT2D eigenvalue weighted by Crippen LogP contribution is -2.23. The second-order valence-corrected chi connectivity index (χ2v) is 13.7. The molecule has 1 aliphatic heterocycles. The van der Waals surface area contributed by atoms with Crippen LogP contribution in [0.15, 0.2) is 50.4 Å². The molecule has 204 valence electrons. The molecule has 0 saturated heterocycles. The fourth-order valence-electron chi connectivity index (χ4n) is 3.87. The van der Waals surface area contributed by atoms with Gasteiger partial charge in [0, 0.05) is 23.8 Å². The Morgan fingerprint density at radius 1 is 1.29 bits per heavy atom. The van der Waals surface area contributed by atoms with Gasteiger partial charge in [-0.15, -0.1) is 23.5 Å². The van der Waals surface area contributed by atoms with E-state index in [2.05, 4.69) is 5.32 Å². The molecule has 3 rings (SSSR count). The van der Waals surface area contributed by atoms with Gasteiger partial charge in [-0.1, -0.05) is 12.1 Å². The smallest absolute Gasteiger partial charge is 0.304 e. The zero-order valence-corrected chi connectivity index (χ0v) is 24.3. The number of amidine groups is 1. The molecule has 0 saturated carbocycles. The molecule has 2 aromatic carbocycles. The van der Waals surface area contributed by atoms with Gasteiger partial charge in [0.25, 0.3) is 0 Å².